The van der Waals surface area contributed by atoms with E-state index in [4.69, 9.17) is 19.8 Å². The van der Waals surface area contributed by atoms with Gasteiger partial charge in [0, 0.05) is 69.2 Å². The van der Waals surface area contributed by atoms with Crippen molar-refractivity contribution in [3.05, 3.63) is 0 Å². The summed E-state index contributed by atoms with van der Waals surface area (Å²) in [5.74, 6) is -3.65. The first-order valence-electron chi connectivity index (χ1n) is 1.11. The van der Waals surface area contributed by atoms with Gasteiger partial charge in [-0.05, 0) is 0 Å². The van der Waals surface area contributed by atoms with Gasteiger partial charge in [0.1, 0.15) is 0 Å². The van der Waals surface area contributed by atoms with Gasteiger partial charge >= 0.3 is 11.9 Å². The summed E-state index contributed by atoms with van der Waals surface area (Å²) in [6.07, 6.45) is 0. The fraction of sp³-hybridized carbons (Fsp3) is 0. The maximum absolute atomic E-state index is 9.10. The normalized spacial score (nSPS) is 3.67. The molecular formula is C2H6FeMnNiO6V. The molecule has 0 atom stereocenters. The molecule has 80 valence electrons. The van der Waals surface area contributed by atoms with Gasteiger partial charge in [-0.15, -0.1) is 0 Å². The van der Waals surface area contributed by atoms with Crippen LogP contribution in [-0.2, 0) is 78.8 Å². The SMILES string of the molecule is O.O.O=C(O)C(=O)O.[Fe].[Mn].[Ni].[V]. The molecule has 0 bridgehead atoms. The Morgan fingerprint density at radius 2 is 1.00 bits per heavy atom. The molecule has 12 heavy (non-hydrogen) atoms. The summed E-state index contributed by atoms with van der Waals surface area (Å²) in [4.78, 5) is 18.2. The van der Waals surface area contributed by atoms with Gasteiger partial charge in [0.05, 0.1) is 0 Å². The Kier molecular flexibility index (Phi) is 129. The van der Waals surface area contributed by atoms with E-state index in [-0.39, 0.29) is 80.1 Å². The number of rotatable bonds is 0. The summed E-state index contributed by atoms with van der Waals surface area (Å²) in [5.41, 5.74) is 0. The van der Waals surface area contributed by atoms with Gasteiger partial charge in [-0.3, -0.25) is 0 Å². The molecule has 0 saturated carbocycles. The molecule has 0 aliphatic rings. The van der Waals surface area contributed by atoms with Crippen molar-refractivity contribution in [1.29, 1.82) is 0 Å². The second-order valence-corrected chi connectivity index (χ2v) is 0.610. The van der Waals surface area contributed by atoms with Crippen molar-refractivity contribution in [2.24, 2.45) is 0 Å². The van der Waals surface area contributed by atoms with Crippen molar-refractivity contribution in [1.82, 2.24) is 0 Å². The minimum Gasteiger partial charge on any atom is -0.473 e. The first-order chi connectivity index (χ1) is 2.64. The van der Waals surface area contributed by atoms with Crippen LogP contribution in [0.15, 0.2) is 0 Å². The van der Waals surface area contributed by atoms with Gasteiger partial charge in [0.15, 0.2) is 0 Å². The largest absolute Gasteiger partial charge is 0.473 e. The third kappa shape index (κ3) is 44.1. The van der Waals surface area contributed by atoms with Crippen LogP contribution in [0.4, 0.5) is 0 Å². The van der Waals surface area contributed by atoms with Crippen molar-refractivity contribution >= 4 is 11.9 Å². The third-order valence-electron chi connectivity index (χ3n) is 0.183. The van der Waals surface area contributed by atoms with Crippen LogP contribution in [0.3, 0.4) is 0 Å². The van der Waals surface area contributed by atoms with Crippen molar-refractivity contribution < 1.29 is 99.9 Å². The van der Waals surface area contributed by atoms with E-state index in [0.29, 0.717) is 0 Å². The summed E-state index contributed by atoms with van der Waals surface area (Å²) in [7, 11) is 0. The van der Waals surface area contributed by atoms with Crippen molar-refractivity contribution in [3.63, 3.8) is 0 Å². The molecule has 0 rings (SSSR count). The summed E-state index contributed by atoms with van der Waals surface area (Å²) in [6.45, 7) is 0. The summed E-state index contributed by atoms with van der Waals surface area (Å²) >= 11 is 0. The second kappa shape index (κ2) is 29.6. The first kappa shape index (κ1) is 52.1. The molecular weight excluding hydrogens is 340 g/mol. The average Bonchev–Trinajstić information content (AvgIpc) is 1.36. The van der Waals surface area contributed by atoms with Crippen molar-refractivity contribution in [3.8, 4) is 0 Å². The number of aliphatic carboxylic acids is 2. The Labute approximate surface area is 111 Å². The fourth-order valence-electron chi connectivity index (χ4n) is 0. The molecule has 2 radical (unpaired) electrons. The van der Waals surface area contributed by atoms with Gasteiger partial charge in [0.25, 0.3) is 0 Å². The minimum absolute atomic E-state index is 0. The number of hydrogen-bond donors (Lipinski definition) is 2. The molecule has 6 nitrogen and oxygen atoms in total. The molecule has 0 aromatic rings. The van der Waals surface area contributed by atoms with E-state index in [1.807, 2.05) is 0 Å². The number of carbonyl (C=O) groups is 2. The molecule has 0 saturated heterocycles. The van der Waals surface area contributed by atoms with Crippen LogP contribution in [0.25, 0.3) is 0 Å². The monoisotopic (exact) mass is 346 g/mol. The predicted molar refractivity (Wildman–Crippen MR) is 22.5 cm³/mol. The summed E-state index contributed by atoms with van der Waals surface area (Å²) < 4.78 is 0. The fourth-order valence-corrected chi connectivity index (χ4v) is 0. The van der Waals surface area contributed by atoms with Gasteiger partial charge in [-0.25, -0.2) is 9.59 Å². The molecule has 0 heterocycles. The maximum Gasteiger partial charge on any atom is 0.414 e. The molecule has 0 spiro atoms. The Morgan fingerprint density at radius 1 is 0.917 bits per heavy atom. The predicted octanol–water partition coefficient (Wildman–Crippen LogP) is -2.50. The molecule has 6 N–H and O–H groups in total. The van der Waals surface area contributed by atoms with E-state index in [1.54, 1.807) is 0 Å². The Bertz CT molecular complexity index is 91.5. The van der Waals surface area contributed by atoms with Gasteiger partial charge in [-0.2, -0.15) is 0 Å². The van der Waals surface area contributed by atoms with Crippen LogP contribution in [0.5, 0.6) is 0 Å². The zero-order chi connectivity index (χ0) is 5.15. The molecule has 0 aromatic heterocycles. The van der Waals surface area contributed by atoms with E-state index in [0.717, 1.165) is 0 Å². The zero-order valence-corrected chi connectivity index (χ0v) is 9.87. The summed E-state index contributed by atoms with van der Waals surface area (Å²) in [6, 6.07) is 0. The molecule has 0 aliphatic heterocycles. The van der Waals surface area contributed by atoms with Gasteiger partial charge < -0.3 is 21.2 Å². The standard InChI is InChI=1S/C2H2O4.Fe.Mn.Ni.2H2O.V/c3-1(4)2(5)6;;;;;;/h(H,3,4)(H,5,6);;;;2*1H2;. The molecule has 0 amide bonds. The summed E-state index contributed by atoms with van der Waals surface area (Å²) in [5, 5.41) is 14.8. The van der Waals surface area contributed by atoms with Gasteiger partial charge in [-0.1, -0.05) is 0 Å². The van der Waals surface area contributed by atoms with Crippen LogP contribution >= 0.6 is 0 Å². The van der Waals surface area contributed by atoms with Crippen LogP contribution in [0.1, 0.15) is 0 Å². The minimum atomic E-state index is -1.82. The van der Waals surface area contributed by atoms with Crippen molar-refractivity contribution in [2.75, 3.05) is 0 Å². The number of carboxylic acids is 2. The molecule has 0 fully saturated rings. The van der Waals surface area contributed by atoms with E-state index < -0.39 is 11.9 Å². The van der Waals surface area contributed by atoms with Crippen molar-refractivity contribution in [2.45, 2.75) is 0 Å². The maximum atomic E-state index is 9.10. The number of carboxylic acid groups (broad SMARTS) is 2. The first-order valence-corrected chi connectivity index (χ1v) is 1.11. The van der Waals surface area contributed by atoms with E-state index in [2.05, 4.69) is 0 Å². The quantitative estimate of drug-likeness (QED) is 0.370. The van der Waals surface area contributed by atoms with Crippen LogP contribution in [-0.4, -0.2) is 33.1 Å². The van der Waals surface area contributed by atoms with Crippen LogP contribution in [0, 0.1) is 0 Å². The molecule has 0 aromatic carbocycles. The average molecular weight is 346 g/mol. The third-order valence-corrected chi connectivity index (χ3v) is 0.183. The Morgan fingerprint density at radius 3 is 1.00 bits per heavy atom. The van der Waals surface area contributed by atoms with E-state index in [1.165, 1.54) is 0 Å². The second-order valence-electron chi connectivity index (χ2n) is 0.610. The molecule has 0 unspecified atom stereocenters. The topological polar surface area (TPSA) is 138 Å². The Hall–Kier alpha value is 0.977. The Balaban J connectivity index is -0.00000000833. The molecule has 10 heteroatoms. The number of hydrogen-bond acceptors (Lipinski definition) is 2. The van der Waals surface area contributed by atoms with Crippen LogP contribution < -0.4 is 0 Å². The van der Waals surface area contributed by atoms with Crippen LogP contribution in [0.2, 0.25) is 0 Å². The molecule has 0 aliphatic carbocycles. The van der Waals surface area contributed by atoms with E-state index >= 15 is 0 Å². The zero-order valence-electron chi connectivity index (χ0n) is 5.21. The van der Waals surface area contributed by atoms with Gasteiger partial charge in [0.2, 0.25) is 0 Å². The smallest absolute Gasteiger partial charge is 0.414 e. The van der Waals surface area contributed by atoms with E-state index in [9.17, 15) is 0 Å².